The van der Waals surface area contributed by atoms with Gasteiger partial charge in [0.2, 0.25) is 15.9 Å². The topological polar surface area (TPSA) is 95.6 Å². The first-order chi connectivity index (χ1) is 12.7. The standard InChI is InChI=1S/C19H29N3O4S/c1-4-27(25,26)22-11-7-8-15(13-22)18(23)21-17-10-6-5-9-16(17)19(24)20-12-14(2)3/h5-6,9-10,14-15H,4,7-8,11-13H2,1-3H3,(H,20,24)(H,21,23)/t15-/m0/s1. The number of amides is 2. The second kappa shape index (κ2) is 9.32. The van der Waals surface area contributed by atoms with Gasteiger partial charge in [-0.3, -0.25) is 9.59 Å². The average molecular weight is 396 g/mol. The van der Waals surface area contributed by atoms with Crippen LogP contribution in [0, 0.1) is 11.8 Å². The SMILES string of the molecule is CCS(=O)(=O)N1CCC[C@H](C(=O)Nc2ccccc2C(=O)NCC(C)C)C1. The molecule has 1 aromatic carbocycles. The van der Waals surface area contributed by atoms with Crippen molar-refractivity contribution in [1.29, 1.82) is 0 Å². The summed E-state index contributed by atoms with van der Waals surface area (Å²) in [6, 6.07) is 6.85. The molecule has 2 N–H and O–H groups in total. The van der Waals surface area contributed by atoms with Gasteiger partial charge >= 0.3 is 0 Å². The molecule has 7 nitrogen and oxygen atoms in total. The van der Waals surface area contributed by atoms with Crippen molar-refractivity contribution in [3.05, 3.63) is 29.8 Å². The van der Waals surface area contributed by atoms with Crippen molar-refractivity contribution >= 4 is 27.5 Å². The lowest BCUT2D eigenvalue weighted by Gasteiger charge is -2.31. The Balaban J connectivity index is 2.08. The molecule has 1 aliphatic rings. The highest BCUT2D eigenvalue weighted by Gasteiger charge is 2.31. The van der Waals surface area contributed by atoms with E-state index in [0.29, 0.717) is 43.1 Å². The maximum atomic E-state index is 12.7. The van der Waals surface area contributed by atoms with Crippen LogP contribution in [0.3, 0.4) is 0 Å². The van der Waals surface area contributed by atoms with Crippen molar-refractivity contribution in [1.82, 2.24) is 9.62 Å². The monoisotopic (exact) mass is 395 g/mol. The number of benzene rings is 1. The van der Waals surface area contributed by atoms with E-state index < -0.39 is 15.9 Å². The van der Waals surface area contributed by atoms with E-state index in [1.165, 1.54) is 4.31 Å². The number of nitrogens with zero attached hydrogens (tertiary/aromatic N) is 1. The molecule has 2 amide bonds. The Labute approximate surface area is 161 Å². The second-order valence-electron chi connectivity index (χ2n) is 7.24. The molecule has 0 aliphatic carbocycles. The molecule has 1 aromatic rings. The highest BCUT2D eigenvalue weighted by Crippen LogP contribution is 2.22. The van der Waals surface area contributed by atoms with Crippen molar-refractivity contribution in [2.24, 2.45) is 11.8 Å². The lowest BCUT2D eigenvalue weighted by Crippen LogP contribution is -2.44. The fraction of sp³-hybridized carbons (Fsp3) is 0.579. The molecule has 8 heteroatoms. The normalized spacial score (nSPS) is 18.3. The minimum atomic E-state index is -3.31. The number of rotatable bonds is 7. The van der Waals surface area contributed by atoms with Crippen molar-refractivity contribution in [2.45, 2.75) is 33.6 Å². The van der Waals surface area contributed by atoms with E-state index in [4.69, 9.17) is 0 Å². The summed E-state index contributed by atoms with van der Waals surface area (Å²) in [5.41, 5.74) is 0.847. The van der Waals surface area contributed by atoms with Crippen molar-refractivity contribution < 1.29 is 18.0 Å². The summed E-state index contributed by atoms with van der Waals surface area (Å²) in [6.07, 6.45) is 1.27. The number of carbonyl (C=O) groups is 2. The van der Waals surface area contributed by atoms with Crippen LogP contribution in [-0.4, -0.2) is 49.9 Å². The van der Waals surface area contributed by atoms with Gasteiger partial charge in [0.25, 0.3) is 5.91 Å². The fourth-order valence-electron chi connectivity index (χ4n) is 3.01. The van der Waals surface area contributed by atoms with Gasteiger partial charge in [0.15, 0.2) is 0 Å². The van der Waals surface area contributed by atoms with Crippen LogP contribution in [0.5, 0.6) is 0 Å². The van der Waals surface area contributed by atoms with Crippen LogP contribution in [0.15, 0.2) is 24.3 Å². The average Bonchev–Trinajstić information content (AvgIpc) is 2.66. The Kier molecular flexibility index (Phi) is 7.38. The molecule has 0 saturated carbocycles. The van der Waals surface area contributed by atoms with Gasteiger partial charge in [-0.25, -0.2) is 12.7 Å². The van der Waals surface area contributed by atoms with E-state index in [-0.39, 0.29) is 24.1 Å². The third-order valence-corrected chi connectivity index (χ3v) is 6.46. The number of anilines is 1. The Hall–Kier alpha value is -1.93. The van der Waals surface area contributed by atoms with Gasteiger partial charge in [-0.15, -0.1) is 0 Å². The third-order valence-electron chi connectivity index (χ3n) is 4.61. The molecule has 0 bridgehead atoms. The summed E-state index contributed by atoms with van der Waals surface area (Å²) in [4.78, 5) is 25.1. The minimum absolute atomic E-state index is 0.0280. The van der Waals surface area contributed by atoms with Crippen LogP contribution < -0.4 is 10.6 Å². The van der Waals surface area contributed by atoms with Crippen LogP contribution in [0.2, 0.25) is 0 Å². The summed E-state index contributed by atoms with van der Waals surface area (Å²) in [5.74, 6) is -0.565. The molecular weight excluding hydrogens is 366 g/mol. The Bertz CT molecular complexity index is 777. The van der Waals surface area contributed by atoms with Crippen LogP contribution in [0.25, 0.3) is 0 Å². The first-order valence-corrected chi connectivity index (χ1v) is 11.0. The quantitative estimate of drug-likeness (QED) is 0.739. The fourth-order valence-corrected chi connectivity index (χ4v) is 4.19. The lowest BCUT2D eigenvalue weighted by atomic mass is 9.98. The highest BCUT2D eigenvalue weighted by molar-refractivity contribution is 7.89. The van der Waals surface area contributed by atoms with Crippen molar-refractivity contribution in [3.63, 3.8) is 0 Å². The number of hydrogen-bond donors (Lipinski definition) is 2. The van der Waals surface area contributed by atoms with Gasteiger partial charge in [0, 0.05) is 19.6 Å². The molecule has 1 atom stereocenters. The molecule has 0 aromatic heterocycles. The molecule has 1 aliphatic heterocycles. The van der Waals surface area contributed by atoms with E-state index in [1.54, 1.807) is 31.2 Å². The van der Waals surface area contributed by atoms with E-state index in [9.17, 15) is 18.0 Å². The number of sulfonamides is 1. The zero-order valence-electron chi connectivity index (χ0n) is 16.2. The van der Waals surface area contributed by atoms with E-state index in [2.05, 4.69) is 10.6 Å². The Morgan fingerprint density at radius 1 is 1.26 bits per heavy atom. The molecule has 1 saturated heterocycles. The second-order valence-corrected chi connectivity index (χ2v) is 9.49. The first kappa shape index (κ1) is 21.4. The van der Waals surface area contributed by atoms with E-state index >= 15 is 0 Å². The minimum Gasteiger partial charge on any atom is -0.352 e. The summed E-state index contributed by atoms with van der Waals surface area (Å²) in [6.45, 7) is 6.80. The molecule has 27 heavy (non-hydrogen) atoms. The molecule has 150 valence electrons. The maximum absolute atomic E-state index is 12.7. The van der Waals surface area contributed by atoms with Crippen molar-refractivity contribution in [3.8, 4) is 0 Å². The van der Waals surface area contributed by atoms with Crippen LogP contribution in [-0.2, 0) is 14.8 Å². The highest BCUT2D eigenvalue weighted by atomic mass is 32.2. The number of carbonyl (C=O) groups excluding carboxylic acids is 2. The zero-order chi connectivity index (χ0) is 20.0. The van der Waals surface area contributed by atoms with Crippen LogP contribution in [0.1, 0.15) is 44.0 Å². The smallest absolute Gasteiger partial charge is 0.253 e. The molecular formula is C19H29N3O4S. The summed E-state index contributed by atoms with van der Waals surface area (Å²) in [5, 5.41) is 5.67. The molecule has 0 radical (unpaired) electrons. The maximum Gasteiger partial charge on any atom is 0.253 e. The van der Waals surface area contributed by atoms with Gasteiger partial charge in [0.05, 0.1) is 22.9 Å². The van der Waals surface area contributed by atoms with Crippen LogP contribution >= 0.6 is 0 Å². The van der Waals surface area contributed by atoms with Crippen LogP contribution in [0.4, 0.5) is 5.69 Å². The number of nitrogens with one attached hydrogen (secondary N) is 2. The Morgan fingerprint density at radius 3 is 2.63 bits per heavy atom. The molecule has 0 unspecified atom stereocenters. The van der Waals surface area contributed by atoms with Gasteiger partial charge in [-0.1, -0.05) is 26.0 Å². The van der Waals surface area contributed by atoms with Crippen molar-refractivity contribution in [2.75, 3.05) is 30.7 Å². The van der Waals surface area contributed by atoms with Gasteiger partial charge in [-0.05, 0) is 37.8 Å². The predicted molar refractivity (Wildman–Crippen MR) is 106 cm³/mol. The molecule has 2 rings (SSSR count). The van der Waals surface area contributed by atoms with Gasteiger partial charge in [0.1, 0.15) is 0 Å². The molecule has 1 heterocycles. The lowest BCUT2D eigenvalue weighted by molar-refractivity contribution is -0.120. The number of piperidine rings is 1. The summed E-state index contributed by atoms with van der Waals surface area (Å²) in [7, 11) is -3.31. The molecule has 1 fully saturated rings. The summed E-state index contributed by atoms with van der Waals surface area (Å²) >= 11 is 0. The molecule has 0 spiro atoms. The van der Waals surface area contributed by atoms with E-state index in [1.807, 2.05) is 13.8 Å². The predicted octanol–water partition coefficient (Wildman–Crippen LogP) is 2.07. The summed E-state index contributed by atoms with van der Waals surface area (Å²) < 4.78 is 25.6. The Morgan fingerprint density at radius 2 is 1.96 bits per heavy atom. The number of para-hydroxylation sites is 1. The van der Waals surface area contributed by atoms with Gasteiger partial charge < -0.3 is 10.6 Å². The largest absolute Gasteiger partial charge is 0.352 e. The third kappa shape index (κ3) is 5.77. The van der Waals surface area contributed by atoms with Gasteiger partial charge in [-0.2, -0.15) is 0 Å². The zero-order valence-corrected chi connectivity index (χ0v) is 17.0. The first-order valence-electron chi connectivity index (χ1n) is 9.40. The van der Waals surface area contributed by atoms with E-state index in [0.717, 1.165) is 0 Å². The number of hydrogen-bond acceptors (Lipinski definition) is 4.